The largest absolute Gasteiger partial charge is 0.480 e. The quantitative estimate of drug-likeness (QED) is 0.775. The fourth-order valence-electron chi connectivity index (χ4n) is 2.51. The summed E-state index contributed by atoms with van der Waals surface area (Å²) >= 11 is 0. The lowest BCUT2D eigenvalue weighted by Crippen LogP contribution is -2.32. The number of fused-ring (bicyclic) bond motifs is 1. The van der Waals surface area contributed by atoms with Crippen molar-refractivity contribution in [1.29, 1.82) is 0 Å². The van der Waals surface area contributed by atoms with Crippen molar-refractivity contribution >= 4 is 16.9 Å². The van der Waals surface area contributed by atoms with Crippen LogP contribution in [0.5, 0.6) is 0 Å². The van der Waals surface area contributed by atoms with Crippen LogP contribution < -0.4 is 5.73 Å². The summed E-state index contributed by atoms with van der Waals surface area (Å²) in [5, 5.41) is 9.96. The first-order valence-electron chi connectivity index (χ1n) is 7.06. The highest BCUT2D eigenvalue weighted by Gasteiger charge is 2.12. The predicted molar refractivity (Wildman–Crippen MR) is 86.5 cm³/mol. The highest BCUT2D eigenvalue weighted by atomic mass is 16.4. The van der Waals surface area contributed by atoms with Gasteiger partial charge >= 0.3 is 5.97 Å². The molecule has 0 fully saturated rings. The van der Waals surface area contributed by atoms with Gasteiger partial charge in [0.05, 0.1) is 5.52 Å². The molecule has 0 radical (unpaired) electrons. The van der Waals surface area contributed by atoms with Gasteiger partial charge in [-0.2, -0.15) is 0 Å². The first-order valence-corrected chi connectivity index (χ1v) is 7.06. The van der Waals surface area contributed by atoms with Gasteiger partial charge in [0.1, 0.15) is 6.04 Å². The summed E-state index contributed by atoms with van der Waals surface area (Å²) in [6.45, 7) is 0. The second-order valence-corrected chi connectivity index (χ2v) is 5.22. The lowest BCUT2D eigenvalue weighted by molar-refractivity contribution is -0.138. The smallest absolute Gasteiger partial charge is 0.320 e. The number of rotatable bonds is 4. The van der Waals surface area contributed by atoms with Crippen molar-refractivity contribution in [3.63, 3.8) is 0 Å². The number of carbonyl (C=O) groups is 1. The third kappa shape index (κ3) is 2.82. The van der Waals surface area contributed by atoms with E-state index in [4.69, 9.17) is 10.8 Å². The summed E-state index contributed by atoms with van der Waals surface area (Å²) in [6.07, 6.45) is 2.12. The molecule has 4 heteroatoms. The number of nitrogens with zero attached hydrogens (tertiary/aromatic N) is 1. The van der Waals surface area contributed by atoms with Crippen molar-refractivity contribution in [2.75, 3.05) is 0 Å². The highest BCUT2D eigenvalue weighted by Crippen LogP contribution is 2.27. The molecule has 0 amide bonds. The number of hydrogen-bond acceptors (Lipinski definition) is 3. The molecule has 110 valence electrons. The molecule has 0 saturated heterocycles. The van der Waals surface area contributed by atoms with E-state index in [1.807, 2.05) is 54.6 Å². The van der Waals surface area contributed by atoms with E-state index >= 15 is 0 Å². The zero-order chi connectivity index (χ0) is 15.5. The Kier molecular flexibility index (Phi) is 3.85. The molecule has 0 aliphatic carbocycles. The van der Waals surface area contributed by atoms with Gasteiger partial charge in [-0.05, 0) is 35.2 Å². The zero-order valence-corrected chi connectivity index (χ0v) is 11.9. The Labute approximate surface area is 128 Å². The van der Waals surface area contributed by atoms with E-state index in [1.54, 1.807) is 6.20 Å². The van der Waals surface area contributed by atoms with Gasteiger partial charge in [-0.25, -0.2) is 0 Å². The van der Waals surface area contributed by atoms with Crippen LogP contribution in [0.3, 0.4) is 0 Å². The summed E-state index contributed by atoms with van der Waals surface area (Å²) in [4.78, 5) is 15.2. The molecule has 1 heterocycles. The average molecular weight is 292 g/mol. The van der Waals surface area contributed by atoms with Crippen molar-refractivity contribution in [2.24, 2.45) is 5.73 Å². The molecule has 0 spiro atoms. The standard InChI is InChI=1S/C18H16N2O2/c19-16(18(21)22)11-12-5-7-13(8-6-12)14-9-10-20-17-4-2-1-3-15(14)17/h1-10,16H,11,19H2,(H,21,22)/t16-/m0/s1. The van der Waals surface area contributed by atoms with E-state index in [9.17, 15) is 4.79 Å². The summed E-state index contributed by atoms with van der Waals surface area (Å²) in [6, 6.07) is 16.9. The van der Waals surface area contributed by atoms with Gasteiger partial charge < -0.3 is 10.8 Å². The summed E-state index contributed by atoms with van der Waals surface area (Å²) in [5.41, 5.74) is 9.62. The van der Waals surface area contributed by atoms with Crippen molar-refractivity contribution in [3.05, 3.63) is 66.4 Å². The monoisotopic (exact) mass is 292 g/mol. The van der Waals surface area contributed by atoms with Crippen molar-refractivity contribution < 1.29 is 9.90 Å². The summed E-state index contributed by atoms with van der Waals surface area (Å²) in [7, 11) is 0. The van der Waals surface area contributed by atoms with Gasteiger partial charge in [0.25, 0.3) is 0 Å². The normalized spacial score (nSPS) is 12.2. The molecule has 4 nitrogen and oxygen atoms in total. The van der Waals surface area contributed by atoms with Crippen LogP contribution in [0.15, 0.2) is 60.8 Å². The maximum atomic E-state index is 10.8. The van der Waals surface area contributed by atoms with Gasteiger partial charge in [0.15, 0.2) is 0 Å². The molecule has 1 aromatic heterocycles. The zero-order valence-electron chi connectivity index (χ0n) is 11.9. The van der Waals surface area contributed by atoms with E-state index in [0.29, 0.717) is 6.42 Å². The van der Waals surface area contributed by atoms with Crippen LogP contribution in [0.1, 0.15) is 5.56 Å². The Morgan fingerprint density at radius 1 is 1.09 bits per heavy atom. The van der Waals surface area contributed by atoms with Crippen LogP contribution >= 0.6 is 0 Å². The van der Waals surface area contributed by atoms with Crippen molar-refractivity contribution in [1.82, 2.24) is 4.98 Å². The van der Waals surface area contributed by atoms with E-state index in [1.165, 1.54) is 0 Å². The number of aliphatic carboxylic acids is 1. The first-order chi connectivity index (χ1) is 10.6. The molecule has 1 atom stereocenters. The Balaban J connectivity index is 1.93. The number of aromatic nitrogens is 1. The molecule has 22 heavy (non-hydrogen) atoms. The Hall–Kier alpha value is -2.72. The molecule has 3 N–H and O–H groups in total. The minimum absolute atomic E-state index is 0.326. The number of pyridine rings is 1. The summed E-state index contributed by atoms with van der Waals surface area (Å²) in [5.74, 6) is -0.982. The maximum absolute atomic E-state index is 10.8. The fraction of sp³-hybridized carbons (Fsp3) is 0.111. The molecule has 2 aromatic carbocycles. The van der Waals surface area contributed by atoms with Crippen LogP contribution in [-0.2, 0) is 11.2 Å². The topological polar surface area (TPSA) is 76.2 Å². The number of hydrogen-bond donors (Lipinski definition) is 2. The lowest BCUT2D eigenvalue weighted by atomic mass is 9.98. The fourth-order valence-corrected chi connectivity index (χ4v) is 2.51. The second-order valence-electron chi connectivity index (χ2n) is 5.22. The number of benzene rings is 2. The van der Waals surface area contributed by atoms with Crippen LogP contribution in [0.4, 0.5) is 0 Å². The van der Waals surface area contributed by atoms with Gasteiger partial charge in [0, 0.05) is 11.6 Å². The van der Waals surface area contributed by atoms with Crippen LogP contribution in [0, 0.1) is 0 Å². The summed E-state index contributed by atoms with van der Waals surface area (Å²) < 4.78 is 0. The second kappa shape index (κ2) is 5.95. The number of carboxylic acid groups (broad SMARTS) is 1. The number of para-hydroxylation sites is 1. The van der Waals surface area contributed by atoms with Crippen LogP contribution in [0.2, 0.25) is 0 Å². The third-order valence-electron chi connectivity index (χ3n) is 3.69. The van der Waals surface area contributed by atoms with E-state index in [2.05, 4.69) is 4.98 Å². The molecule has 0 aliphatic heterocycles. The molecule has 3 aromatic rings. The highest BCUT2D eigenvalue weighted by molar-refractivity contribution is 5.94. The minimum Gasteiger partial charge on any atom is -0.480 e. The van der Waals surface area contributed by atoms with Crippen LogP contribution in [-0.4, -0.2) is 22.1 Å². The Morgan fingerprint density at radius 3 is 2.55 bits per heavy atom. The molecule has 3 rings (SSSR count). The Morgan fingerprint density at radius 2 is 1.82 bits per heavy atom. The minimum atomic E-state index is -0.982. The Bertz CT molecular complexity index is 807. The average Bonchev–Trinajstić information content (AvgIpc) is 2.55. The lowest BCUT2D eigenvalue weighted by Gasteiger charge is -2.09. The van der Waals surface area contributed by atoms with E-state index in [-0.39, 0.29) is 0 Å². The SMILES string of the molecule is N[C@@H](Cc1ccc(-c2ccnc3ccccc23)cc1)C(=O)O. The molecular weight excluding hydrogens is 276 g/mol. The van der Waals surface area contributed by atoms with E-state index < -0.39 is 12.0 Å². The van der Waals surface area contributed by atoms with Gasteiger partial charge in [-0.15, -0.1) is 0 Å². The molecule has 0 aliphatic rings. The van der Waals surface area contributed by atoms with Crippen LogP contribution in [0.25, 0.3) is 22.0 Å². The maximum Gasteiger partial charge on any atom is 0.320 e. The van der Waals surface area contributed by atoms with Crippen molar-refractivity contribution in [3.8, 4) is 11.1 Å². The van der Waals surface area contributed by atoms with E-state index in [0.717, 1.165) is 27.6 Å². The van der Waals surface area contributed by atoms with Crippen molar-refractivity contribution in [2.45, 2.75) is 12.5 Å². The predicted octanol–water partition coefficient (Wildman–Crippen LogP) is 2.86. The first kappa shape index (κ1) is 14.2. The van der Waals surface area contributed by atoms with Gasteiger partial charge in [-0.1, -0.05) is 42.5 Å². The number of nitrogens with two attached hydrogens (primary N) is 1. The van der Waals surface area contributed by atoms with Gasteiger partial charge in [0.2, 0.25) is 0 Å². The molecular formula is C18H16N2O2. The third-order valence-corrected chi connectivity index (χ3v) is 3.69. The van der Waals surface area contributed by atoms with Gasteiger partial charge in [-0.3, -0.25) is 9.78 Å². The molecule has 0 saturated carbocycles. The number of carboxylic acids is 1. The molecule has 0 bridgehead atoms. The molecule has 0 unspecified atom stereocenters.